The lowest BCUT2D eigenvalue weighted by Gasteiger charge is -2.28. The average Bonchev–Trinajstić information content (AvgIpc) is 3.21. The summed E-state index contributed by atoms with van der Waals surface area (Å²) >= 11 is 0. The highest BCUT2D eigenvalue weighted by Gasteiger charge is 2.46. The Morgan fingerprint density at radius 3 is 2.67 bits per heavy atom. The summed E-state index contributed by atoms with van der Waals surface area (Å²) in [7, 11) is 0. The number of rotatable bonds is 7. The lowest BCUT2D eigenvalue weighted by Crippen LogP contribution is -2.41. The molecule has 1 amide bonds. The number of ether oxygens (including phenoxy) is 2. The van der Waals surface area contributed by atoms with Gasteiger partial charge in [0.2, 0.25) is 0 Å². The van der Waals surface area contributed by atoms with Gasteiger partial charge < -0.3 is 14.4 Å². The van der Waals surface area contributed by atoms with Crippen molar-refractivity contribution in [2.45, 2.75) is 18.6 Å². The van der Waals surface area contributed by atoms with Crippen molar-refractivity contribution in [3.63, 3.8) is 0 Å². The molecule has 3 fully saturated rings. The highest BCUT2D eigenvalue weighted by Crippen LogP contribution is 2.27. The van der Waals surface area contributed by atoms with E-state index in [1.54, 1.807) is 0 Å². The molecule has 0 bridgehead atoms. The van der Waals surface area contributed by atoms with E-state index >= 15 is 0 Å². The largest absolute Gasteiger partial charge is 0.442 e. The predicted octanol–water partition coefficient (Wildman–Crippen LogP) is 1.93. The summed E-state index contributed by atoms with van der Waals surface area (Å²) in [5.74, 6) is 0. The Morgan fingerprint density at radius 2 is 1.85 bits per heavy atom. The molecule has 0 saturated carbocycles. The van der Waals surface area contributed by atoms with Gasteiger partial charge in [0.15, 0.2) is 0 Å². The third kappa shape index (κ3) is 4.69. The molecule has 3 aliphatic heterocycles. The molecule has 6 nitrogen and oxygen atoms in total. The molecule has 0 aliphatic carbocycles. The van der Waals surface area contributed by atoms with Crippen LogP contribution in [0.5, 0.6) is 0 Å². The van der Waals surface area contributed by atoms with Gasteiger partial charge in [0.1, 0.15) is 6.10 Å². The maximum atomic E-state index is 12.2. The Morgan fingerprint density at radius 1 is 1.04 bits per heavy atom. The molecule has 3 heterocycles. The molecule has 6 heteroatoms. The van der Waals surface area contributed by atoms with E-state index in [1.165, 1.54) is 5.56 Å². The molecule has 0 N–H and O–H groups in total. The van der Waals surface area contributed by atoms with E-state index in [4.69, 9.17) is 9.47 Å². The van der Waals surface area contributed by atoms with E-state index in [-0.39, 0.29) is 18.2 Å². The van der Waals surface area contributed by atoms with Crippen LogP contribution in [0.3, 0.4) is 0 Å². The molecular weight excluding hydrogens is 342 g/mol. The van der Waals surface area contributed by atoms with Crippen LogP contribution >= 0.6 is 0 Å². The summed E-state index contributed by atoms with van der Waals surface area (Å²) in [6, 6.07) is 10.5. The van der Waals surface area contributed by atoms with Crippen molar-refractivity contribution in [2.75, 3.05) is 59.0 Å². The second-order valence-electron chi connectivity index (χ2n) is 7.52. The van der Waals surface area contributed by atoms with Crippen LogP contribution in [0.4, 0.5) is 4.79 Å². The van der Waals surface area contributed by atoms with Gasteiger partial charge in [-0.3, -0.25) is 9.80 Å². The van der Waals surface area contributed by atoms with Gasteiger partial charge in [-0.1, -0.05) is 42.5 Å². The predicted molar refractivity (Wildman–Crippen MR) is 105 cm³/mol. The van der Waals surface area contributed by atoms with Crippen molar-refractivity contribution in [3.8, 4) is 0 Å². The number of benzene rings is 1. The van der Waals surface area contributed by atoms with E-state index in [2.05, 4.69) is 34.1 Å². The maximum absolute atomic E-state index is 12.2. The summed E-state index contributed by atoms with van der Waals surface area (Å²) < 4.78 is 11.0. The molecular formula is C21H29N3O3. The van der Waals surface area contributed by atoms with Crippen molar-refractivity contribution in [3.05, 3.63) is 42.0 Å². The summed E-state index contributed by atoms with van der Waals surface area (Å²) in [6.07, 6.45) is 5.23. The van der Waals surface area contributed by atoms with Crippen molar-refractivity contribution < 1.29 is 14.3 Å². The number of hydrogen-bond donors (Lipinski definition) is 0. The van der Waals surface area contributed by atoms with Crippen LogP contribution in [-0.2, 0) is 9.47 Å². The lowest BCUT2D eigenvalue weighted by molar-refractivity contribution is 0.0362. The van der Waals surface area contributed by atoms with Crippen molar-refractivity contribution >= 4 is 12.2 Å². The number of fused-ring (bicyclic) bond motifs is 1. The minimum Gasteiger partial charge on any atom is -0.442 e. The first-order valence-corrected chi connectivity index (χ1v) is 10.0. The summed E-state index contributed by atoms with van der Waals surface area (Å²) in [5, 5.41) is 0. The highest BCUT2D eigenvalue weighted by atomic mass is 16.6. The van der Waals surface area contributed by atoms with Crippen LogP contribution in [0, 0.1) is 0 Å². The van der Waals surface area contributed by atoms with Gasteiger partial charge in [-0.2, -0.15) is 0 Å². The van der Waals surface area contributed by atoms with Crippen LogP contribution in [0.2, 0.25) is 0 Å². The molecule has 0 radical (unpaired) electrons. The van der Waals surface area contributed by atoms with E-state index in [0.717, 1.165) is 65.4 Å². The molecule has 3 aliphatic rings. The van der Waals surface area contributed by atoms with Gasteiger partial charge in [0.05, 0.1) is 19.3 Å². The zero-order valence-corrected chi connectivity index (χ0v) is 15.8. The Bertz CT molecular complexity index is 645. The number of nitrogens with zero attached hydrogens (tertiary/aromatic N) is 3. The van der Waals surface area contributed by atoms with Gasteiger partial charge in [-0.15, -0.1) is 0 Å². The molecule has 1 aromatic carbocycles. The molecule has 0 aromatic heterocycles. The van der Waals surface area contributed by atoms with E-state index in [9.17, 15) is 4.79 Å². The van der Waals surface area contributed by atoms with Crippen LogP contribution in [0.1, 0.15) is 12.0 Å². The normalized spacial score (nSPS) is 26.7. The summed E-state index contributed by atoms with van der Waals surface area (Å²) in [6.45, 7) is 8.06. The monoisotopic (exact) mass is 371 g/mol. The van der Waals surface area contributed by atoms with E-state index in [0.29, 0.717) is 0 Å². The Kier molecular flexibility index (Phi) is 6.07. The SMILES string of the molecule is O=C1O[C@@H]2CN(C/C=C/c3ccccc3)C[C@@H]2N1CCCN1CCOCC1. The molecule has 0 unspecified atom stereocenters. The molecule has 4 rings (SSSR count). The first kappa shape index (κ1) is 18.5. The molecule has 2 atom stereocenters. The van der Waals surface area contributed by atoms with E-state index < -0.39 is 0 Å². The number of morpholine rings is 1. The van der Waals surface area contributed by atoms with Gasteiger partial charge in [-0.05, 0) is 12.0 Å². The number of carbonyl (C=O) groups is 1. The summed E-state index contributed by atoms with van der Waals surface area (Å²) in [5.41, 5.74) is 1.22. The number of likely N-dealkylation sites (tertiary alicyclic amines) is 1. The van der Waals surface area contributed by atoms with Crippen molar-refractivity contribution in [2.24, 2.45) is 0 Å². The molecule has 146 valence electrons. The van der Waals surface area contributed by atoms with Crippen LogP contribution < -0.4 is 0 Å². The zero-order valence-electron chi connectivity index (χ0n) is 15.8. The fourth-order valence-electron chi connectivity index (χ4n) is 4.18. The average molecular weight is 371 g/mol. The summed E-state index contributed by atoms with van der Waals surface area (Å²) in [4.78, 5) is 18.9. The molecule has 0 spiro atoms. The first-order valence-electron chi connectivity index (χ1n) is 10.0. The van der Waals surface area contributed by atoms with Crippen LogP contribution in [-0.4, -0.2) is 92.0 Å². The first-order chi connectivity index (χ1) is 13.3. The third-order valence-electron chi connectivity index (χ3n) is 5.65. The zero-order chi connectivity index (χ0) is 18.5. The smallest absolute Gasteiger partial charge is 0.410 e. The number of hydrogen-bond acceptors (Lipinski definition) is 5. The van der Waals surface area contributed by atoms with Crippen LogP contribution in [0.25, 0.3) is 6.08 Å². The van der Waals surface area contributed by atoms with Crippen LogP contribution in [0.15, 0.2) is 36.4 Å². The molecule has 1 aromatic rings. The highest BCUT2D eigenvalue weighted by molar-refractivity contribution is 5.71. The Labute approximate surface area is 161 Å². The second-order valence-corrected chi connectivity index (χ2v) is 7.52. The van der Waals surface area contributed by atoms with Gasteiger partial charge >= 0.3 is 6.09 Å². The number of carbonyl (C=O) groups excluding carboxylic acids is 1. The quantitative estimate of drug-likeness (QED) is 0.733. The maximum Gasteiger partial charge on any atom is 0.410 e. The fourth-order valence-corrected chi connectivity index (χ4v) is 4.18. The van der Waals surface area contributed by atoms with Gasteiger partial charge in [0.25, 0.3) is 0 Å². The van der Waals surface area contributed by atoms with Crippen molar-refractivity contribution in [1.82, 2.24) is 14.7 Å². The molecule has 3 saturated heterocycles. The fraction of sp³-hybridized carbons (Fsp3) is 0.571. The minimum absolute atomic E-state index is 0.0195. The lowest BCUT2D eigenvalue weighted by atomic mass is 10.2. The third-order valence-corrected chi connectivity index (χ3v) is 5.65. The molecule has 27 heavy (non-hydrogen) atoms. The van der Waals surface area contributed by atoms with Gasteiger partial charge in [0, 0.05) is 45.8 Å². The Hall–Kier alpha value is -1.89. The standard InChI is InChI=1S/C21H29N3O3/c25-21-24(11-5-10-22-12-14-26-15-13-22)19-16-23(17-20(19)27-21)9-4-8-18-6-2-1-3-7-18/h1-4,6-8,19-20H,5,9-17H2/b8-4+/t19-,20+/m0/s1. The van der Waals surface area contributed by atoms with Crippen molar-refractivity contribution in [1.29, 1.82) is 0 Å². The van der Waals surface area contributed by atoms with Gasteiger partial charge in [-0.25, -0.2) is 4.79 Å². The Balaban J connectivity index is 1.23. The number of amides is 1. The second kappa shape index (κ2) is 8.87. The topological polar surface area (TPSA) is 45.2 Å². The minimum atomic E-state index is -0.133. The van der Waals surface area contributed by atoms with E-state index in [1.807, 2.05) is 23.1 Å².